The first-order valence-corrected chi connectivity index (χ1v) is 6.44. The number of rotatable bonds is 3. The number of hydroxylamine groups is 2. The Labute approximate surface area is 126 Å². The Morgan fingerprint density at radius 3 is 2.04 bits per heavy atom. The molecule has 2 amide bonds. The molecule has 0 aromatic heterocycles. The third-order valence-corrected chi connectivity index (χ3v) is 3.40. The molecule has 3 rings (SSSR count). The van der Waals surface area contributed by atoms with Crippen LogP contribution in [0.4, 0.5) is 13.2 Å². The minimum absolute atomic E-state index is 0.0534. The van der Waals surface area contributed by atoms with Gasteiger partial charge in [-0.15, -0.1) is 15.3 Å². The first kappa shape index (κ1) is 15.1. The molecule has 0 radical (unpaired) electrons. The van der Waals surface area contributed by atoms with Crippen LogP contribution in [0.25, 0.3) is 0 Å². The van der Waals surface area contributed by atoms with Crippen LogP contribution >= 0.6 is 0 Å². The van der Waals surface area contributed by atoms with Gasteiger partial charge in [0.25, 0.3) is 11.8 Å². The Hall–Kier alpha value is -2.78. The molecule has 10 heteroatoms. The highest BCUT2D eigenvalue weighted by molar-refractivity contribution is 6.02. The molecular formula is C13H8F3N3O4. The van der Waals surface area contributed by atoms with Crippen molar-refractivity contribution in [1.29, 1.82) is 0 Å². The van der Waals surface area contributed by atoms with Gasteiger partial charge in [0.1, 0.15) is 0 Å². The Bertz CT molecular complexity index is 705. The predicted octanol–water partition coefficient (Wildman–Crippen LogP) is 2.09. The normalized spacial score (nSPS) is 19.2. The number of imide groups is 1. The molecule has 0 spiro atoms. The van der Waals surface area contributed by atoms with Gasteiger partial charge >= 0.3 is 17.8 Å². The maximum atomic E-state index is 12.8. The van der Waals surface area contributed by atoms with Crippen LogP contribution in [0.5, 0.6) is 0 Å². The Morgan fingerprint density at radius 2 is 1.61 bits per heavy atom. The van der Waals surface area contributed by atoms with Crippen LogP contribution in [0.1, 0.15) is 28.8 Å². The second-order valence-corrected chi connectivity index (χ2v) is 4.91. The smallest absolute Gasteiger partial charge is 0.325 e. The standard InChI is InChI=1S/C13H8F3N3O4/c14-13(15,16)12(17-18-12)8-3-1-7(2-4-8)11(22)23-19-9(20)5-6-10(19)21/h1-4H,5-6H2. The fraction of sp³-hybridized carbons (Fsp3) is 0.308. The van der Waals surface area contributed by atoms with E-state index in [4.69, 9.17) is 0 Å². The highest BCUT2D eigenvalue weighted by Gasteiger charge is 2.65. The monoisotopic (exact) mass is 327 g/mol. The summed E-state index contributed by atoms with van der Waals surface area (Å²) in [4.78, 5) is 39.2. The molecule has 1 aromatic rings. The number of halogens is 3. The molecule has 1 fully saturated rings. The lowest BCUT2D eigenvalue weighted by Gasteiger charge is -2.15. The first-order chi connectivity index (χ1) is 10.7. The lowest BCUT2D eigenvalue weighted by molar-refractivity contribution is -0.172. The van der Waals surface area contributed by atoms with Gasteiger partial charge in [-0.1, -0.05) is 12.1 Å². The van der Waals surface area contributed by atoms with Gasteiger partial charge in [0, 0.05) is 18.4 Å². The average Bonchev–Trinajstić information content (AvgIpc) is 3.26. The second-order valence-electron chi connectivity index (χ2n) is 4.91. The molecule has 2 aliphatic rings. The van der Waals surface area contributed by atoms with E-state index in [2.05, 4.69) is 15.1 Å². The van der Waals surface area contributed by atoms with Crippen molar-refractivity contribution in [3.05, 3.63) is 35.4 Å². The quantitative estimate of drug-likeness (QED) is 0.795. The van der Waals surface area contributed by atoms with Gasteiger partial charge < -0.3 is 4.84 Å². The molecule has 0 bridgehead atoms. The molecule has 2 heterocycles. The number of carbonyl (C=O) groups excluding carboxylic acids is 3. The van der Waals surface area contributed by atoms with Crippen molar-refractivity contribution in [3.63, 3.8) is 0 Å². The molecule has 0 N–H and O–H groups in total. The van der Waals surface area contributed by atoms with Crippen molar-refractivity contribution in [2.45, 2.75) is 24.7 Å². The summed E-state index contributed by atoms with van der Waals surface area (Å²) in [6.45, 7) is 0. The van der Waals surface area contributed by atoms with E-state index in [1.54, 1.807) is 0 Å². The average molecular weight is 327 g/mol. The largest absolute Gasteiger partial charge is 0.442 e. The fourth-order valence-electron chi connectivity index (χ4n) is 2.07. The van der Waals surface area contributed by atoms with Crippen LogP contribution in [0.15, 0.2) is 34.5 Å². The van der Waals surface area contributed by atoms with E-state index in [0.717, 1.165) is 24.3 Å². The van der Waals surface area contributed by atoms with Crippen LogP contribution in [-0.2, 0) is 20.1 Å². The molecule has 0 aliphatic carbocycles. The SMILES string of the molecule is O=C(ON1C(=O)CCC1=O)c1ccc(C2(C(F)(F)F)N=N2)cc1. The van der Waals surface area contributed by atoms with Crippen LogP contribution in [0.2, 0.25) is 0 Å². The number of alkyl halides is 3. The van der Waals surface area contributed by atoms with Gasteiger partial charge in [-0.25, -0.2) is 4.79 Å². The molecule has 23 heavy (non-hydrogen) atoms. The molecule has 2 aliphatic heterocycles. The highest BCUT2D eigenvalue weighted by Crippen LogP contribution is 2.52. The summed E-state index contributed by atoms with van der Waals surface area (Å²) in [5.41, 5.74) is -2.93. The summed E-state index contributed by atoms with van der Waals surface area (Å²) in [6, 6.07) is 4.24. The molecule has 0 atom stereocenters. The van der Waals surface area contributed by atoms with Gasteiger partial charge in [0.15, 0.2) is 0 Å². The molecule has 1 aromatic carbocycles. The predicted molar refractivity (Wildman–Crippen MR) is 65.5 cm³/mol. The lowest BCUT2D eigenvalue weighted by atomic mass is 10.0. The van der Waals surface area contributed by atoms with E-state index in [1.165, 1.54) is 0 Å². The molecule has 120 valence electrons. The van der Waals surface area contributed by atoms with E-state index in [0.29, 0.717) is 5.06 Å². The number of hydrogen-bond acceptors (Lipinski definition) is 6. The highest BCUT2D eigenvalue weighted by atomic mass is 19.4. The summed E-state index contributed by atoms with van der Waals surface area (Å²) in [5, 5.41) is 6.44. The Kier molecular flexibility index (Phi) is 3.20. The Morgan fingerprint density at radius 1 is 1.09 bits per heavy atom. The summed E-state index contributed by atoms with van der Waals surface area (Å²) in [7, 11) is 0. The van der Waals surface area contributed by atoms with E-state index < -0.39 is 29.6 Å². The van der Waals surface area contributed by atoms with Crippen LogP contribution in [0, 0.1) is 0 Å². The first-order valence-electron chi connectivity index (χ1n) is 6.44. The van der Waals surface area contributed by atoms with Crippen molar-refractivity contribution in [3.8, 4) is 0 Å². The van der Waals surface area contributed by atoms with E-state index in [-0.39, 0.29) is 24.0 Å². The maximum Gasteiger partial charge on any atom is 0.442 e. The number of nitrogens with zero attached hydrogens (tertiary/aromatic N) is 3. The fourth-order valence-corrected chi connectivity index (χ4v) is 2.07. The third-order valence-electron chi connectivity index (χ3n) is 3.40. The summed E-state index contributed by atoms with van der Waals surface area (Å²) in [6.07, 6.45) is -4.77. The zero-order valence-corrected chi connectivity index (χ0v) is 11.3. The zero-order chi connectivity index (χ0) is 16.8. The topological polar surface area (TPSA) is 88.4 Å². The molecule has 0 saturated carbocycles. The molecular weight excluding hydrogens is 319 g/mol. The van der Waals surface area contributed by atoms with Crippen molar-refractivity contribution >= 4 is 17.8 Å². The molecule has 0 unspecified atom stereocenters. The summed E-state index contributed by atoms with van der Waals surface area (Å²) in [5.74, 6) is -2.32. The van der Waals surface area contributed by atoms with Crippen LogP contribution in [0.3, 0.4) is 0 Å². The van der Waals surface area contributed by atoms with E-state index in [9.17, 15) is 27.6 Å². The molecule has 7 nitrogen and oxygen atoms in total. The van der Waals surface area contributed by atoms with E-state index >= 15 is 0 Å². The van der Waals surface area contributed by atoms with Crippen LogP contribution < -0.4 is 0 Å². The number of amides is 2. The number of hydrogen-bond donors (Lipinski definition) is 0. The van der Waals surface area contributed by atoms with Crippen molar-refractivity contribution in [1.82, 2.24) is 5.06 Å². The van der Waals surface area contributed by atoms with Gasteiger partial charge in [-0.2, -0.15) is 13.2 Å². The van der Waals surface area contributed by atoms with Crippen LogP contribution in [-0.4, -0.2) is 29.0 Å². The van der Waals surface area contributed by atoms with Gasteiger partial charge in [0.05, 0.1) is 5.56 Å². The van der Waals surface area contributed by atoms with Gasteiger partial charge in [0.2, 0.25) is 0 Å². The second kappa shape index (κ2) is 4.86. The van der Waals surface area contributed by atoms with Crippen molar-refractivity contribution in [2.24, 2.45) is 10.2 Å². The number of benzene rings is 1. The summed E-state index contributed by atoms with van der Waals surface area (Å²) >= 11 is 0. The van der Waals surface area contributed by atoms with E-state index in [1.807, 2.05) is 0 Å². The summed E-state index contributed by atoms with van der Waals surface area (Å²) < 4.78 is 38.5. The third kappa shape index (κ3) is 2.45. The minimum Gasteiger partial charge on any atom is -0.325 e. The van der Waals surface area contributed by atoms with Gasteiger partial charge in [-0.05, 0) is 12.1 Å². The minimum atomic E-state index is -4.66. The van der Waals surface area contributed by atoms with Crippen molar-refractivity contribution < 1.29 is 32.4 Å². The van der Waals surface area contributed by atoms with Crippen molar-refractivity contribution in [2.75, 3.05) is 0 Å². The molecule has 1 saturated heterocycles. The maximum absolute atomic E-state index is 12.8. The number of carbonyl (C=O) groups is 3. The van der Waals surface area contributed by atoms with Gasteiger partial charge in [-0.3, -0.25) is 9.59 Å². The lowest BCUT2D eigenvalue weighted by Crippen LogP contribution is -2.32. The zero-order valence-electron chi connectivity index (χ0n) is 11.3. The Balaban J connectivity index is 1.74.